The van der Waals surface area contributed by atoms with Crippen molar-refractivity contribution in [2.24, 2.45) is 0 Å². The van der Waals surface area contributed by atoms with Crippen molar-refractivity contribution in [1.29, 1.82) is 0 Å². The lowest BCUT2D eigenvalue weighted by molar-refractivity contribution is 0.0500. The Labute approximate surface area is 125 Å². The van der Waals surface area contributed by atoms with E-state index in [1.807, 2.05) is 30.3 Å². The quantitative estimate of drug-likeness (QED) is 0.671. The van der Waals surface area contributed by atoms with Crippen LogP contribution in [0.25, 0.3) is 0 Å². The molecule has 1 saturated carbocycles. The van der Waals surface area contributed by atoms with Crippen LogP contribution in [0.3, 0.4) is 0 Å². The summed E-state index contributed by atoms with van der Waals surface area (Å²) < 4.78 is 5.48. The Hall–Kier alpha value is -1.59. The molecule has 21 heavy (non-hydrogen) atoms. The number of aliphatic hydroxyl groups is 1. The first-order chi connectivity index (χ1) is 10.2. The number of urea groups is 1. The molecule has 0 heterocycles. The van der Waals surface area contributed by atoms with E-state index < -0.39 is 5.60 Å². The van der Waals surface area contributed by atoms with E-state index in [1.165, 1.54) is 0 Å². The maximum Gasteiger partial charge on any atom is 0.314 e. The van der Waals surface area contributed by atoms with E-state index in [1.54, 1.807) is 0 Å². The predicted octanol–water partition coefficient (Wildman–Crippen LogP) is 1.81. The summed E-state index contributed by atoms with van der Waals surface area (Å²) in [5.74, 6) is 0. The molecule has 5 heteroatoms. The predicted molar refractivity (Wildman–Crippen MR) is 80.9 cm³/mol. The molecule has 1 aromatic carbocycles. The molecular formula is C16H24N2O3. The summed E-state index contributed by atoms with van der Waals surface area (Å²) in [6.07, 6.45) is 3.61. The van der Waals surface area contributed by atoms with Gasteiger partial charge in [-0.25, -0.2) is 4.79 Å². The van der Waals surface area contributed by atoms with E-state index in [0.29, 0.717) is 26.3 Å². The standard InChI is InChI=1S/C16H24N2O3/c19-15(18-13-16(20)8-4-5-9-16)17-10-11-21-12-14-6-2-1-3-7-14/h1-3,6-7,20H,4-5,8-13H2,(H2,17,18,19). The van der Waals surface area contributed by atoms with Gasteiger partial charge >= 0.3 is 6.03 Å². The third-order valence-corrected chi connectivity index (χ3v) is 3.76. The van der Waals surface area contributed by atoms with Crippen LogP contribution >= 0.6 is 0 Å². The zero-order valence-corrected chi connectivity index (χ0v) is 12.3. The number of carbonyl (C=O) groups is 1. The van der Waals surface area contributed by atoms with Gasteiger partial charge in [-0.3, -0.25) is 0 Å². The highest BCUT2D eigenvalue weighted by atomic mass is 16.5. The van der Waals surface area contributed by atoms with E-state index in [-0.39, 0.29) is 6.03 Å². The van der Waals surface area contributed by atoms with Crippen molar-refractivity contribution in [2.45, 2.75) is 37.9 Å². The number of benzene rings is 1. The molecule has 0 saturated heterocycles. The average Bonchev–Trinajstić information content (AvgIpc) is 2.93. The van der Waals surface area contributed by atoms with E-state index in [0.717, 1.165) is 31.2 Å². The maximum atomic E-state index is 11.6. The van der Waals surface area contributed by atoms with Crippen molar-refractivity contribution in [3.05, 3.63) is 35.9 Å². The lowest BCUT2D eigenvalue weighted by Gasteiger charge is -2.22. The summed E-state index contributed by atoms with van der Waals surface area (Å²) in [7, 11) is 0. The van der Waals surface area contributed by atoms with Gasteiger partial charge in [-0.1, -0.05) is 43.2 Å². The van der Waals surface area contributed by atoms with Crippen LogP contribution in [0, 0.1) is 0 Å². The fourth-order valence-electron chi connectivity index (χ4n) is 2.52. The van der Waals surface area contributed by atoms with Gasteiger partial charge in [0.25, 0.3) is 0 Å². The Morgan fingerprint density at radius 3 is 2.62 bits per heavy atom. The molecule has 1 aliphatic rings. The van der Waals surface area contributed by atoms with Crippen molar-refractivity contribution in [1.82, 2.24) is 10.6 Å². The summed E-state index contributed by atoms with van der Waals surface area (Å²) in [6, 6.07) is 9.66. The zero-order chi connectivity index (χ0) is 15.0. The lowest BCUT2D eigenvalue weighted by Crippen LogP contribution is -2.45. The van der Waals surface area contributed by atoms with Crippen molar-refractivity contribution in [3.8, 4) is 0 Å². The number of carbonyl (C=O) groups excluding carboxylic acids is 1. The Morgan fingerprint density at radius 2 is 1.90 bits per heavy atom. The molecule has 1 aliphatic carbocycles. The number of ether oxygens (including phenoxy) is 1. The van der Waals surface area contributed by atoms with Crippen LogP contribution in [0.2, 0.25) is 0 Å². The minimum Gasteiger partial charge on any atom is -0.388 e. The van der Waals surface area contributed by atoms with Crippen molar-refractivity contribution < 1.29 is 14.6 Å². The molecule has 0 bridgehead atoms. The van der Waals surface area contributed by atoms with Gasteiger partial charge in [0.2, 0.25) is 0 Å². The van der Waals surface area contributed by atoms with Gasteiger partial charge in [-0.2, -0.15) is 0 Å². The number of amides is 2. The Bertz CT molecular complexity index is 430. The topological polar surface area (TPSA) is 70.6 Å². The normalized spacial score (nSPS) is 16.6. The van der Waals surface area contributed by atoms with E-state index in [9.17, 15) is 9.90 Å². The molecule has 0 aliphatic heterocycles. The summed E-state index contributed by atoms with van der Waals surface area (Å²) in [4.78, 5) is 11.6. The first-order valence-electron chi connectivity index (χ1n) is 7.54. The van der Waals surface area contributed by atoms with Crippen LogP contribution in [0.5, 0.6) is 0 Å². The number of rotatable bonds is 7. The van der Waals surface area contributed by atoms with Crippen LogP contribution in [-0.4, -0.2) is 36.4 Å². The summed E-state index contributed by atoms with van der Waals surface area (Å²) in [5, 5.41) is 15.6. The van der Waals surface area contributed by atoms with E-state index in [2.05, 4.69) is 10.6 Å². The van der Waals surface area contributed by atoms with Crippen molar-refractivity contribution in [3.63, 3.8) is 0 Å². The molecular weight excluding hydrogens is 268 g/mol. The van der Waals surface area contributed by atoms with Crippen LogP contribution < -0.4 is 10.6 Å². The maximum absolute atomic E-state index is 11.6. The van der Waals surface area contributed by atoms with Crippen LogP contribution in [0.15, 0.2) is 30.3 Å². The summed E-state index contributed by atoms with van der Waals surface area (Å²) >= 11 is 0. The van der Waals surface area contributed by atoms with Crippen molar-refractivity contribution >= 4 is 6.03 Å². The van der Waals surface area contributed by atoms with E-state index in [4.69, 9.17) is 4.74 Å². The highest BCUT2D eigenvalue weighted by Crippen LogP contribution is 2.28. The Morgan fingerprint density at radius 1 is 1.19 bits per heavy atom. The smallest absolute Gasteiger partial charge is 0.314 e. The van der Waals surface area contributed by atoms with Gasteiger partial charge in [0.15, 0.2) is 0 Å². The lowest BCUT2D eigenvalue weighted by atomic mass is 10.0. The van der Waals surface area contributed by atoms with Crippen LogP contribution in [0.1, 0.15) is 31.2 Å². The third-order valence-electron chi connectivity index (χ3n) is 3.76. The molecule has 2 amide bonds. The molecule has 5 nitrogen and oxygen atoms in total. The second-order valence-electron chi connectivity index (χ2n) is 5.58. The highest BCUT2D eigenvalue weighted by molar-refractivity contribution is 5.73. The molecule has 0 unspecified atom stereocenters. The average molecular weight is 292 g/mol. The molecule has 3 N–H and O–H groups in total. The van der Waals surface area contributed by atoms with Gasteiger partial charge in [0.1, 0.15) is 0 Å². The summed E-state index contributed by atoms with van der Waals surface area (Å²) in [6.45, 7) is 1.79. The molecule has 1 aromatic rings. The molecule has 0 atom stereocenters. The summed E-state index contributed by atoms with van der Waals surface area (Å²) in [5.41, 5.74) is 0.409. The first kappa shape index (κ1) is 15.8. The minimum absolute atomic E-state index is 0.251. The minimum atomic E-state index is -0.707. The Balaban J connectivity index is 1.51. The van der Waals surface area contributed by atoms with Gasteiger partial charge < -0.3 is 20.5 Å². The van der Waals surface area contributed by atoms with E-state index >= 15 is 0 Å². The zero-order valence-electron chi connectivity index (χ0n) is 12.3. The van der Waals surface area contributed by atoms with Gasteiger partial charge in [0.05, 0.1) is 18.8 Å². The number of nitrogens with one attached hydrogen (secondary N) is 2. The molecule has 116 valence electrons. The molecule has 2 rings (SSSR count). The first-order valence-corrected chi connectivity index (χ1v) is 7.54. The van der Waals surface area contributed by atoms with Gasteiger partial charge in [-0.15, -0.1) is 0 Å². The SMILES string of the molecule is O=C(NCCOCc1ccccc1)NCC1(O)CCCC1. The molecule has 0 radical (unpaired) electrons. The largest absolute Gasteiger partial charge is 0.388 e. The van der Waals surface area contributed by atoms with Gasteiger partial charge in [-0.05, 0) is 18.4 Å². The monoisotopic (exact) mass is 292 g/mol. The van der Waals surface area contributed by atoms with Crippen molar-refractivity contribution in [2.75, 3.05) is 19.7 Å². The fourth-order valence-corrected chi connectivity index (χ4v) is 2.52. The van der Waals surface area contributed by atoms with Gasteiger partial charge in [0, 0.05) is 13.1 Å². The van der Waals surface area contributed by atoms with Crippen LogP contribution in [0.4, 0.5) is 4.79 Å². The van der Waals surface area contributed by atoms with Crippen LogP contribution in [-0.2, 0) is 11.3 Å². The second kappa shape index (κ2) is 8.00. The number of hydrogen-bond donors (Lipinski definition) is 3. The molecule has 0 spiro atoms. The molecule has 0 aromatic heterocycles. The molecule has 1 fully saturated rings. The second-order valence-corrected chi connectivity index (χ2v) is 5.58. The highest BCUT2D eigenvalue weighted by Gasteiger charge is 2.31. The number of hydrogen-bond acceptors (Lipinski definition) is 3. The third kappa shape index (κ3) is 5.73. The fraction of sp³-hybridized carbons (Fsp3) is 0.562. The Kier molecular flexibility index (Phi) is 6.02.